The molecule has 2 amide bonds. The van der Waals surface area contributed by atoms with Crippen molar-refractivity contribution in [1.29, 1.82) is 0 Å². The largest absolute Gasteiger partial charge is 0.493 e. The maximum atomic E-state index is 12.0. The zero-order chi connectivity index (χ0) is 17.2. The van der Waals surface area contributed by atoms with E-state index in [1.54, 1.807) is 18.2 Å². The van der Waals surface area contributed by atoms with Gasteiger partial charge in [-0.15, -0.1) is 0 Å². The predicted octanol–water partition coefficient (Wildman–Crippen LogP) is 1.99. The average Bonchev–Trinajstić information content (AvgIpc) is 2.52. The molecule has 1 aromatic rings. The Bertz CT molecular complexity index is 529. The van der Waals surface area contributed by atoms with E-state index in [0.29, 0.717) is 36.1 Å². The van der Waals surface area contributed by atoms with Gasteiger partial charge >= 0.3 is 0 Å². The molecule has 0 spiro atoms. The molecule has 1 rings (SSSR count). The van der Waals surface area contributed by atoms with Crippen LogP contribution in [0.4, 0.5) is 0 Å². The summed E-state index contributed by atoms with van der Waals surface area (Å²) in [4.78, 5) is 23.4. The summed E-state index contributed by atoms with van der Waals surface area (Å²) in [7, 11) is 1.53. The monoisotopic (exact) mass is 322 g/mol. The minimum Gasteiger partial charge on any atom is -0.493 e. The smallest absolute Gasteiger partial charge is 0.251 e. The van der Waals surface area contributed by atoms with Crippen LogP contribution in [0, 0.1) is 5.92 Å². The van der Waals surface area contributed by atoms with Crippen molar-refractivity contribution in [2.45, 2.75) is 27.2 Å². The molecule has 0 unspecified atom stereocenters. The molecule has 0 aliphatic rings. The van der Waals surface area contributed by atoms with E-state index in [9.17, 15) is 9.59 Å². The molecule has 0 atom stereocenters. The number of carbonyl (C=O) groups is 2. The van der Waals surface area contributed by atoms with Gasteiger partial charge in [0, 0.05) is 12.1 Å². The lowest BCUT2D eigenvalue weighted by Crippen LogP contribution is -2.36. The molecular weight excluding hydrogens is 296 g/mol. The average molecular weight is 322 g/mol. The molecule has 1 aromatic carbocycles. The second-order valence-corrected chi connectivity index (χ2v) is 5.53. The first-order chi connectivity index (χ1) is 11.0. The maximum absolute atomic E-state index is 12.0. The lowest BCUT2D eigenvalue weighted by atomic mass is 10.1. The Morgan fingerprint density at radius 1 is 1.17 bits per heavy atom. The summed E-state index contributed by atoms with van der Waals surface area (Å²) < 4.78 is 11.0. The van der Waals surface area contributed by atoms with E-state index in [4.69, 9.17) is 9.47 Å². The summed E-state index contributed by atoms with van der Waals surface area (Å²) in [6.45, 7) is 7.15. The van der Waals surface area contributed by atoms with Crippen LogP contribution < -0.4 is 20.1 Å². The highest BCUT2D eigenvalue weighted by molar-refractivity contribution is 5.97. The van der Waals surface area contributed by atoms with E-state index in [-0.39, 0.29) is 18.4 Å². The SMILES string of the molecule is CCNC(=O)CNC(=O)c1ccc(OCCC(C)C)c(OC)c1. The van der Waals surface area contributed by atoms with Gasteiger partial charge in [0.15, 0.2) is 11.5 Å². The van der Waals surface area contributed by atoms with Gasteiger partial charge in [0.25, 0.3) is 5.91 Å². The molecule has 0 heterocycles. The van der Waals surface area contributed by atoms with Gasteiger partial charge in [0.2, 0.25) is 5.91 Å². The van der Waals surface area contributed by atoms with E-state index in [1.807, 2.05) is 6.92 Å². The fourth-order valence-electron chi connectivity index (χ4n) is 1.85. The normalized spacial score (nSPS) is 10.3. The second-order valence-electron chi connectivity index (χ2n) is 5.53. The minimum absolute atomic E-state index is 0.0539. The summed E-state index contributed by atoms with van der Waals surface area (Å²) in [5.41, 5.74) is 0.419. The molecule has 6 heteroatoms. The first kappa shape index (κ1) is 18.8. The highest BCUT2D eigenvalue weighted by atomic mass is 16.5. The topological polar surface area (TPSA) is 76.7 Å². The summed E-state index contributed by atoms with van der Waals surface area (Å²) in [6, 6.07) is 4.97. The van der Waals surface area contributed by atoms with E-state index < -0.39 is 0 Å². The van der Waals surface area contributed by atoms with Crippen LogP contribution in [-0.4, -0.2) is 38.6 Å². The van der Waals surface area contributed by atoms with Crippen molar-refractivity contribution in [3.05, 3.63) is 23.8 Å². The van der Waals surface area contributed by atoms with Crippen LogP contribution >= 0.6 is 0 Å². The Hall–Kier alpha value is -2.24. The van der Waals surface area contributed by atoms with Gasteiger partial charge < -0.3 is 20.1 Å². The van der Waals surface area contributed by atoms with Crippen molar-refractivity contribution in [2.75, 3.05) is 26.8 Å². The molecule has 23 heavy (non-hydrogen) atoms. The van der Waals surface area contributed by atoms with Gasteiger partial charge in [-0.3, -0.25) is 9.59 Å². The highest BCUT2D eigenvalue weighted by Gasteiger charge is 2.12. The summed E-state index contributed by atoms with van der Waals surface area (Å²) in [5.74, 6) is 1.11. The zero-order valence-corrected chi connectivity index (χ0v) is 14.3. The van der Waals surface area contributed by atoms with E-state index in [2.05, 4.69) is 24.5 Å². The first-order valence-electron chi connectivity index (χ1n) is 7.83. The van der Waals surface area contributed by atoms with Crippen molar-refractivity contribution in [3.8, 4) is 11.5 Å². The summed E-state index contributed by atoms with van der Waals surface area (Å²) in [6.07, 6.45) is 0.942. The molecule has 128 valence electrons. The number of hydrogen-bond acceptors (Lipinski definition) is 4. The number of hydrogen-bond donors (Lipinski definition) is 2. The van der Waals surface area contributed by atoms with Crippen molar-refractivity contribution < 1.29 is 19.1 Å². The van der Waals surface area contributed by atoms with Gasteiger partial charge in [0.1, 0.15) is 0 Å². The molecule has 2 N–H and O–H groups in total. The number of methoxy groups -OCH3 is 1. The molecule has 0 aliphatic heterocycles. The Morgan fingerprint density at radius 2 is 1.91 bits per heavy atom. The molecular formula is C17H26N2O4. The van der Waals surface area contributed by atoms with Crippen LogP contribution in [0.2, 0.25) is 0 Å². The molecule has 0 aliphatic carbocycles. The highest BCUT2D eigenvalue weighted by Crippen LogP contribution is 2.28. The number of amides is 2. The zero-order valence-electron chi connectivity index (χ0n) is 14.3. The van der Waals surface area contributed by atoms with Crippen LogP contribution in [0.3, 0.4) is 0 Å². The Labute approximate surface area is 137 Å². The summed E-state index contributed by atoms with van der Waals surface area (Å²) in [5, 5.41) is 5.18. The van der Waals surface area contributed by atoms with Crippen molar-refractivity contribution >= 4 is 11.8 Å². The fourth-order valence-corrected chi connectivity index (χ4v) is 1.85. The Kier molecular flexibility index (Phi) is 7.94. The van der Waals surface area contributed by atoms with Crippen molar-refractivity contribution in [3.63, 3.8) is 0 Å². The van der Waals surface area contributed by atoms with Crippen LogP contribution in [-0.2, 0) is 4.79 Å². The fraction of sp³-hybridized carbons (Fsp3) is 0.529. The number of ether oxygens (including phenoxy) is 2. The van der Waals surface area contributed by atoms with E-state index >= 15 is 0 Å². The number of rotatable bonds is 9. The van der Waals surface area contributed by atoms with Gasteiger partial charge in [0.05, 0.1) is 20.3 Å². The minimum atomic E-state index is -0.330. The predicted molar refractivity (Wildman–Crippen MR) is 89.0 cm³/mol. The third kappa shape index (κ3) is 6.59. The van der Waals surface area contributed by atoms with Crippen molar-refractivity contribution in [1.82, 2.24) is 10.6 Å². The van der Waals surface area contributed by atoms with Crippen LogP contribution in [0.15, 0.2) is 18.2 Å². The number of carbonyl (C=O) groups excluding carboxylic acids is 2. The van der Waals surface area contributed by atoms with E-state index in [0.717, 1.165) is 6.42 Å². The van der Waals surface area contributed by atoms with Crippen LogP contribution in [0.5, 0.6) is 11.5 Å². The maximum Gasteiger partial charge on any atom is 0.251 e. The van der Waals surface area contributed by atoms with Gasteiger partial charge in [-0.1, -0.05) is 13.8 Å². The molecule has 0 saturated heterocycles. The molecule has 0 fully saturated rings. The van der Waals surface area contributed by atoms with Crippen LogP contribution in [0.1, 0.15) is 37.6 Å². The molecule has 0 bridgehead atoms. The van der Waals surface area contributed by atoms with E-state index in [1.165, 1.54) is 7.11 Å². The first-order valence-corrected chi connectivity index (χ1v) is 7.83. The van der Waals surface area contributed by atoms with Crippen LogP contribution in [0.25, 0.3) is 0 Å². The molecule has 0 radical (unpaired) electrons. The van der Waals surface area contributed by atoms with Gasteiger partial charge in [-0.05, 0) is 37.5 Å². The standard InChI is InChI=1S/C17H26N2O4/c1-5-18-16(20)11-19-17(21)13-6-7-14(15(10-13)22-4)23-9-8-12(2)3/h6-7,10,12H,5,8-9,11H2,1-4H3,(H,18,20)(H,19,21). The van der Waals surface area contributed by atoms with Crippen molar-refractivity contribution in [2.24, 2.45) is 5.92 Å². The quantitative estimate of drug-likeness (QED) is 0.729. The number of benzene rings is 1. The lowest BCUT2D eigenvalue weighted by molar-refractivity contribution is -0.120. The third-order valence-corrected chi connectivity index (χ3v) is 3.16. The number of likely N-dealkylation sites (N-methyl/N-ethyl adjacent to an activating group) is 1. The third-order valence-electron chi connectivity index (χ3n) is 3.16. The Morgan fingerprint density at radius 3 is 2.52 bits per heavy atom. The molecule has 0 aromatic heterocycles. The van der Waals surface area contributed by atoms with Gasteiger partial charge in [-0.2, -0.15) is 0 Å². The number of nitrogens with one attached hydrogen (secondary N) is 2. The Balaban J connectivity index is 2.66. The van der Waals surface area contributed by atoms with Gasteiger partial charge in [-0.25, -0.2) is 0 Å². The molecule has 6 nitrogen and oxygen atoms in total. The lowest BCUT2D eigenvalue weighted by Gasteiger charge is -2.13. The molecule has 0 saturated carbocycles. The second kappa shape index (κ2) is 9.71. The summed E-state index contributed by atoms with van der Waals surface area (Å²) >= 11 is 0.